The van der Waals surface area contributed by atoms with Crippen LogP contribution in [0.1, 0.15) is 27.3 Å². The van der Waals surface area contributed by atoms with E-state index < -0.39 is 5.97 Å². The lowest BCUT2D eigenvalue weighted by atomic mass is 10.1. The highest BCUT2D eigenvalue weighted by Gasteiger charge is 2.26. The van der Waals surface area contributed by atoms with Crippen molar-refractivity contribution < 1.29 is 9.90 Å². The van der Waals surface area contributed by atoms with Crippen molar-refractivity contribution >= 4 is 33.6 Å². The average molecular weight is 346 g/mol. The van der Waals surface area contributed by atoms with Gasteiger partial charge in [-0.15, -0.1) is 0 Å². The maximum absolute atomic E-state index is 11.9. The molecule has 8 nitrogen and oxygen atoms in total. The molecule has 8 heteroatoms. The predicted molar refractivity (Wildman–Crippen MR) is 96.3 cm³/mol. The van der Waals surface area contributed by atoms with E-state index in [1.54, 1.807) is 23.8 Å². The molecule has 1 aromatic carbocycles. The molecule has 0 aliphatic heterocycles. The normalized spacial score (nSPS) is 11.1. The zero-order valence-corrected chi connectivity index (χ0v) is 14.0. The summed E-state index contributed by atoms with van der Waals surface area (Å²) in [6.45, 7) is 3.60. The number of H-pyrrole nitrogens is 1. The molecule has 4 N–H and O–H groups in total. The Hall–Kier alpha value is -3.86. The number of aromatic carboxylic acids is 1. The van der Waals surface area contributed by atoms with Gasteiger partial charge in [-0.3, -0.25) is 9.67 Å². The summed E-state index contributed by atoms with van der Waals surface area (Å²) in [5, 5.41) is 27.4. The van der Waals surface area contributed by atoms with Crippen molar-refractivity contribution in [2.75, 3.05) is 5.73 Å². The first kappa shape index (κ1) is 15.7. The number of nitrogens with two attached hydrogens (primary N) is 1. The lowest BCUT2D eigenvalue weighted by Gasteiger charge is -2.13. The van der Waals surface area contributed by atoms with E-state index >= 15 is 0 Å². The minimum Gasteiger partial charge on any atom is -0.478 e. The molecule has 3 aromatic heterocycles. The fourth-order valence-electron chi connectivity index (χ4n) is 3.40. The summed E-state index contributed by atoms with van der Waals surface area (Å²) in [5.41, 5.74) is 9.60. The quantitative estimate of drug-likeness (QED) is 0.511. The third-order valence-corrected chi connectivity index (χ3v) is 4.45. The summed E-state index contributed by atoms with van der Waals surface area (Å²) in [5.74, 6) is -1.11. The van der Waals surface area contributed by atoms with E-state index in [0.29, 0.717) is 22.3 Å². The molecule has 0 saturated heterocycles. The van der Waals surface area contributed by atoms with Crippen LogP contribution in [0.4, 0.5) is 5.82 Å². The highest BCUT2D eigenvalue weighted by molar-refractivity contribution is 6.11. The van der Waals surface area contributed by atoms with Crippen LogP contribution in [0.5, 0.6) is 0 Å². The summed E-state index contributed by atoms with van der Waals surface area (Å²) < 4.78 is 1.59. The zero-order chi connectivity index (χ0) is 18.6. The smallest absolute Gasteiger partial charge is 0.340 e. The minimum absolute atomic E-state index is 0.0399. The van der Waals surface area contributed by atoms with Gasteiger partial charge < -0.3 is 10.8 Å². The third kappa shape index (κ3) is 1.97. The van der Waals surface area contributed by atoms with Crippen molar-refractivity contribution in [3.63, 3.8) is 0 Å². The van der Waals surface area contributed by atoms with Gasteiger partial charge in [0.05, 0.1) is 22.9 Å². The number of nitriles is 1. The van der Waals surface area contributed by atoms with Gasteiger partial charge in [0.25, 0.3) is 0 Å². The second-order valence-electron chi connectivity index (χ2n) is 6.08. The van der Waals surface area contributed by atoms with Crippen LogP contribution >= 0.6 is 0 Å². The molecule has 0 bridgehead atoms. The van der Waals surface area contributed by atoms with E-state index in [0.717, 1.165) is 16.5 Å². The number of pyridine rings is 1. The van der Waals surface area contributed by atoms with Gasteiger partial charge in [-0.25, -0.2) is 9.78 Å². The SMILES string of the molecule is Cc1cc2c(C(=O)O)c(N)n(-c3c(C)ccc4[nH]ncc34)c2c(C#N)n1. The van der Waals surface area contributed by atoms with Gasteiger partial charge in [0, 0.05) is 16.5 Å². The van der Waals surface area contributed by atoms with E-state index in [-0.39, 0.29) is 17.1 Å². The Bertz CT molecular complexity index is 1260. The summed E-state index contributed by atoms with van der Waals surface area (Å²) in [4.78, 5) is 16.1. The number of fused-ring (bicyclic) bond motifs is 2. The fourth-order valence-corrected chi connectivity index (χ4v) is 3.40. The molecule has 0 unspecified atom stereocenters. The highest BCUT2D eigenvalue weighted by atomic mass is 16.4. The van der Waals surface area contributed by atoms with E-state index in [2.05, 4.69) is 21.3 Å². The Morgan fingerprint density at radius 1 is 1.35 bits per heavy atom. The molecule has 0 fully saturated rings. The van der Waals surface area contributed by atoms with Crippen molar-refractivity contribution in [2.45, 2.75) is 13.8 Å². The number of hydrogen-bond donors (Lipinski definition) is 3. The average Bonchev–Trinajstić information content (AvgIpc) is 3.16. The van der Waals surface area contributed by atoms with Gasteiger partial charge in [0.15, 0.2) is 5.69 Å². The summed E-state index contributed by atoms with van der Waals surface area (Å²) in [6, 6.07) is 7.46. The first-order valence-electron chi connectivity index (χ1n) is 7.82. The van der Waals surface area contributed by atoms with Crippen molar-refractivity contribution in [1.29, 1.82) is 5.26 Å². The molecule has 128 valence electrons. The predicted octanol–water partition coefficient (Wildman–Crippen LogP) is 2.67. The molecule has 0 atom stereocenters. The number of aryl methyl sites for hydroxylation is 2. The molecule has 0 aliphatic carbocycles. The number of rotatable bonds is 2. The van der Waals surface area contributed by atoms with E-state index in [4.69, 9.17) is 5.73 Å². The molecule has 0 radical (unpaired) electrons. The number of carbonyl (C=O) groups is 1. The van der Waals surface area contributed by atoms with Crippen molar-refractivity contribution in [3.05, 3.63) is 46.9 Å². The summed E-state index contributed by atoms with van der Waals surface area (Å²) in [7, 11) is 0. The number of anilines is 1. The molecule has 26 heavy (non-hydrogen) atoms. The van der Waals surface area contributed by atoms with Crippen LogP contribution in [0.3, 0.4) is 0 Å². The highest BCUT2D eigenvalue weighted by Crippen LogP contribution is 2.37. The Labute approximate surface area is 147 Å². The molecule has 0 amide bonds. The molecular weight excluding hydrogens is 332 g/mol. The largest absolute Gasteiger partial charge is 0.478 e. The van der Waals surface area contributed by atoms with E-state index in [1.165, 1.54) is 0 Å². The summed E-state index contributed by atoms with van der Waals surface area (Å²) in [6.07, 6.45) is 1.65. The second-order valence-corrected chi connectivity index (χ2v) is 6.08. The van der Waals surface area contributed by atoms with Crippen LogP contribution < -0.4 is 5.73 Å². The number of nitrogens with one attached hydrogen (secondary N) is 1. The minimum atomic E-state index is -1.15. The van der Waals surface area contributed by atoms with Crippen molar-refractivity contribution in [2.24, 2.45) is 0 Å². The summed E-state index contributed by atoms with van der Waals surface area (Å²) >= 11 is 0. The second kappa shape index (κ2) is 5.32. The number of nitrogen functional groups attached to an aromatic ring is 1. The molecule has 3 heterocycles. The standard InChI is InChI=1S/C18H14N6O2/c1-8-3-4-12-11(7-21-23-12)15(8)24-16-10(14(17(24)20)18(25)26)5-9(2)22-13(16)6-19/h3-5,7H,20H2,1-2H3,(H,21,23)(H,25,26). The molecule has 4 rings (SSSR count). The molecular formula is C18H14N6O2. The van der Waals surface area contributed by atoms with Crippen LogP contribution in [-0.4, -0.2) is 30.8 Å². The van der Waals surface area contributed by atoms with E-state index in [1.807, 2.05) is 19.1 Å². The lowest BCUT2D eigenvalue weighted by molar-refractivity contribution is 0.0700. The first-order valence-corrected chi connectivity index (χ1v) is 7.82. The van der Waals surface area contributed by atoms with Gasteiger partial charge in [0.2, 0.25) is 0 Å². The first-order chi connectivity index (χ1) is 12.4. The van der Waals surface area contributed by atoms with Gasteiger partial charge in [-0.05, 0) is 31.5 Å². The van der Waals surface area contributed by atoms with Crippen LogP contribution in [0, 0.1) is 25.2 Å². The fraction of sp³-hybridized carbons (Fsp3) is 0.111. The Kier molecular flexibility index (Phi) is 3.20. The van der Waals surface area contributed by atoms with Crippen LogP contribution in [0.25, 0.3) is 27.5 Å². The number of benzene rings is 1. The number of carboxylic acid groups (broad SMARTS) is 1. The number of nitrogens with zero attached hydrogens (tertiary/aromatic N) is 4. The number of hydrogen-bond acceptors (Lipinski definition) is 5. The number of carboxylic acids is 1. The van der Waals surface area contributed by atoms with E-state index in [9.17, 15) is 15.2 Å². The maximum atomic E-state index is 11.9. The molecule has 0 spiro atoms. The van der Waals surface area contributed by atoms with Crippen molar-refractivity contribution in [3.8, 4) is 11.8 Å². The van der Waals surface area contributed by atoms with Crippen LogP contribution in [-0.2, 0) is 0 Å². The van der Waals surface area contributed by atoms with Crippen LogP contribution in [0.15, 0.2) is 24.4 Å². The topological polar surface area (TPSA) is 134 Å². The van der Waals surface area contributed by atoms with Gasteiger partial charge in [0.1, 0.15) is 17.5 Å². The van der Waals surface area contributed by atoms with Crippen LogP contribution in [0.2, 0.25) is 0 Å². The number of aromatic nitrogens is 4. The maximum Gasteiger partial charge on any atom is 0.340 e. The monoisotopic (exact) mass is 346 g/mol. The zero-order valence-electron chi connectivity index (χ0n) is 14.0. The molecule has 0 aliphatic rings. The van der Waals surface area contributed by atoms with Crippen molar-refractivity contribution in [1.82, 2.24) is 19.7 Å². The number of aromatic amines is 1. The Morgan fingerprint density at radius 3 is 2.81 bits per heavy atom. The van der Waals surface area contributed by atoms with Gasteiger partial charge in [-0.1, -0.05) is 6.07 Å². The Balaban J connectivity index is 2.29. The third-order valence-electron chi connectivity index (χ3n) is 4.45. The van der Waals surface area contributed by atoms with Gasteiger partial charge >= 0.3 is 5.97 Å². The molecule has 0 saturated carbocycles. The van der Waals surface area contributed by atoms with Gasteiger partial charge in [-0.2, -0.15) is 10.4 Å². The lowest BCUT2D eigenvalue weighted by Crippen LogP contribution is -2.07. The Morgan fingerprint density at radius 2 is 2.12 bits per heavy atom. The molecule has 4 aromatic rings.